The molecule has 8 heteroatoms. The number of carbonyl (C=O) groups excluding carboxylic acids is 3. The van der Waals surface area contributed by atoms with Crippen molar-refractivity contribution < 1.29 is 23.9 Å². The van der Waals surface area contributed by atoms with E-state index in [9.17, 15) is 14.4 Å². The Morgan fingerprint density at radius 1 is 1.00 bits per heavy atom. The Bertz CT molecular complexity index is 1430. The molecule has 3 aromatic rings. The van der Waals surface area contributed by atoms with Gasteiger partial charge < -0.3 is 19.7 Å². The van der Waals surface area contributed by atoms with Crippen molar-refractivity contribution in [2.24, 2.45) is 5.92 Å². The lowest BCUT2D eigenvalue weighted by Crippen LogP contribution is -2.53. The van der Waals surface area contributed by atoms with Crippen LogP contribution in [0.5, 0.6) is 11.5 Å². The van der Waals surface area contributed by atoms with Crippen LogP contribution in [-0.2, 0) is 19.8 Å². The molecule has 2 aliphatic rings. The van der Waals surface area contributed by atoms with Gasteiger partial charge in [0.05, 0.1) is 26.2 Å². The molecule has 2 atom stereocenters. The molecule has 1 N–H and O–H groups in total. The summed E-state index contributed by atoms with van der Waals surface area (Å²) < 4.78 is 11.9. The number of rotatable bonds is 8. The molecule has 2 amide bonds. The highest BCUT2D eigenvalue weighted by Gasteiger charge is 2.47. The van der Waals surface area contributed by atoms with E-state index in [-0.39, 0.29) is 24.0 Å². The van der Waals surface area contributed by atoms with Crippen LogP contribution in [0.3, 0.4) is 0 Å². The van der Waals surface area contributed by atoms with Crippen molar-refractivity contribution >= 4 is 39.2 Å². The van der Waals surface area contributed by atoms with Crippen LogP contribution in [0.4, 0.5) is 5.69 Å². The topological polar surface area (TPSA) is 84.9 Å². The second-order valence-corrected chi connectivity index (χ2v) is 11.5. The first-order valence-corrected chi connectivity index (χ1v) is 14.2. The van der Waals surface area contributed by atoms with Crippen LogP contribution >= 0.6 is 15.9 Å². The first-order valence-electron chi connectivity index (χ1n) is 13.4. The highest BCUT2D eigenvalue weighted by atomic mass is 79.9. The van der Waals surface area contributed by atoms with Crippen molar-refractivity contribution in [1.29, 1.82) is 0 Å². The molecule has 40 heavy (non-hydrogen) atoms. The molecule has 0 radical (unpaired) electrons. The predicted molar refractivity (Wildman–Crippen MR) is 157 cm³/mol. The number of benzene rings is 3. The third-order valence-electron chi connectivity index (χ3n) is 8.11. The lowest BCUT2D eigenvalue weighted by atomic mass is 9.63. The molecule has 3 aromatic carbocycles. The molecular weight excluding hydrogens is 572 g/mol. The molecule has 2 unspecified atom stereocenters. The van der Waals surface area contributed by atoms with Crippen LogP contribution in [-0.4, -0.2) is 38.4 Å². The maximum atomic E-state index is 14.0. The van der Waals surface area contributed by atoms with Gasteiger partial charge in [0.1, 0.15) is 5.78 Å². The molecule has 0 aromatic heterocycles. The van der Waals surface area contributed by atoms with Crippen molar-refractivity contribution in [2.75, 3.05) is 25.7 Å². The monoisotopic (exact) mass is 604 g/mol. The molecule has 2 fully saturated rings. The minimum Gasteiger partial charge on any atom is -0.493 e. The van der Waals surface area contributed by atoms with E-state index in [0.717, 1.165) is 26.9 Å². The van der Waals surface area contributed by atoms with Crippen molar-refractivity contribution in [2.45, 2.75) is 44.1 Å². The van der Waals surface area contributed by atoms with Gasteiger partial charge in [-0.05, 0) is 54.8 Å². The number of amides is 2. The molecule has 1 aliphatic heterocycles. The van der Waals surface area contributed by atoms with E-state index in [1.165, 1.54) is 0 Å². The summed E-state index contributed by atoms with van der Waals surface area (Å²) in [5.41, 5.74) is 3.17. The summed E-state index contributed by atoms with van der Waals surface area (Å²) in [4.78, 5) is 41.3. The SMILES string of the molecule is COc1ccc(C2C(C(=O)NCC3(c4ccccc4Br)CC(=O)C3)CCC(=O)N2c2ccc(C)cc2)cc1OC. The Morgan fingerprint density at radius 3 is 2.35 bits per heavy atom. The van der Waals surface area contributed by atoms with Crippen LogP contribution in [0.15, 0.2) is 71.2 Å². The Hall–Kier alpha value is -3.65. The summed E-state index contributed by atoms with van der Waals surface area (Å²) in [7, 11) is 3.14. The largest absolute Gasteiger partial charge is 0.493 e. The number of hydrogen-bond donors (Lipinski definition) is 1. The van der Waals surface area contributed by atoms with Gasteiger partial charge in [-0.1, -0.05) is 57.9 Å². The highest BCUT2D eigenvalue weighted by Crippen LogP contribution is 2.45. The summed E-state index contributed by atoms with van der Waals surface area (Å²) in [5, 5.41) is 3.18. The van der Waals surface area contributed by atoms with Crippen LogP contribution < -0.4 is 19.7 Å². The number of piperidine rings is 1. The fourth-order valence-corrected chi connectivity index (χ4v) is 6.69. The number of aryl methyl sites for hydroxylation is 1. The Labute approximate surface area is 243 Å². The molecule has 1 saturated carbocycles. The Kier molecular flexibility index (Phi) is 7.99. The molecule has 0 bridgehead atoms. The Balaban J connectivity index is 1.49. The van der Waals surface area contributed by atoms with Crippen molar-refractivity contribution in [3.05, 3.63) is 87.9 Å². The third kappa shape index (κ3) is 5.24. The summed E-state index contributed by atoms with van der Waals surface area (Å²) in [6.07, 6.45) is 1.43. The minimum absolute atomic E-state index is 0.0398. The van der Waals surface area contributed by atoms with Gasteiger partial charge in [-0.25, -0.2) is 0 Å². The highest BCUT2D eigenvalue weighted by molar-refractivity contribution is 9.10. The van der Waals surface area contributed by atoms with Gasteiger partial charge in [0.2, 0.25) is 11.8 Å². The van der Waals surface area contributed by atoms with Crippen LogP contribution in [0.25, 0.3) is 0 Å². The summed E-state index contributed by atoms with van der Waals surface area (Å²) in [5.74, 6) is 0.589. The van der Waals surface area contributed by atoms with E-state index >= 15 is 0 Å². The second-order valence-electron chi connectivity index (χ2n) is 10.7. The molecular formula is C32H33BrN2O5. The normalized spacial score (nSPS) is 20.1. The number of Topliss-reactive ketones (excluding diaryl/α,β-unsaturated/α-hetero) is 1. The molecule has 7 nitrogen and oxygen atoms in total. The van der Waals surface area contributed by atoms with E-state index in [0.29, 0.717) is 37.3 Å². The zero-order chi connectivity index (χ0) is 28.4. The first kappa shape index (κ1) is 27.9. The molecule has 5 rings (SSSR count). The van der Waals surface area contributed by atoms with E-state index in [1.807, 2.05) is 67.6 Å². The van der Waals surface area contributed by atoms with Crippen molar-refractivity contribution in [1.82, 2.24) is 5.32 Å². The van der Waals surface area contributed by atoms with Gasteiger partial charge in [-0.3, -0.25) is 14.4 Å². The van der Waals surface area contributed by atoms with Crippen molar-refractivity contribution in [3.63, 3.8) is 0 Å². The van der Waals surface area contributed by atoms with Gasteiger partial charge in [0.15, 0.2) is 11.5 Å². The molecule has 208 valence electrons. The van der Waals surface area contributed by atoms with Gasteiger partial charge in [0.25, 0.3) is 0 Å². The predicted octanol–water partition coefficient (Wildman–Crippen LogP) is 5.68. The number of nitrogens with one attached hydrogen (secondary N) is 1. The molecule has 1 heterocycles. The Morgan fingerprint density at radius 2 is 1.70 bits per heavy atom. The maximum Gasteiger partial charge on any atom is 0.227 e. The number of ketones is 1. The average Bonchev–Trinajstić information content (AvgIpc) is 2.95. The minimum atomic E-state index is -0.550. The quantitative estimate of drug-likeness (QED) is 0.358. The van der Waals surface area contributed by atoms with Gasteiger partial charge in [0, 0.05) is 41.4 Å². The smallest absolute Gasteiger partial charge is 0.227 e. The second kappa shape index (κ2) is 11.5. The lowest BCUT2D eigenvalue weighted by molar-refractivity contribution is -0.133. The number of ether oxygens (including phenoxy) is 2. The number of halogens is 1. The maximum absolute atomic E-state index is 14.0. The van der Waals surface area contributed by atoms with Gasteiger partial charge in [-0.2, -0.15) is 0 Å². The molecule has 0 spiro atoms. The number of carbonyl (C=O) groups is 3. The van der Waals surface area contributed by atoms with Crippen molar-refractivity contribution in [3.8, 4) is 11.5 Å². The average molecular weight is 606 g/mol. The number of nitrogens with zero attached hydrogens (tertiary/aromatic N) is 1. The van der Waals surface area contributed by atoms with E-state index in [4.69, 9.17) is 9.47 Å². The zero-order valence-electron chi connectivity index (χ0n) is 22.9. The molecule has 1 saturated heterocycles. The first-order chi connectivity index (χ1) is 19.3. The van der Waals surface area contributed by atoms with Gasteiger partial charge >= 0.3 is 0 Å². The standard InChI is InChI=1S/C32H33BrN2O5/c1-20-8-11-22(12-9-20)35-29(37)15-13-24(30(35)21-10-14-27(39-2)28(16-21)40-3)31(38)34-19-32(17-23(36)18-32)25-6-4-5-7-26(25)33/h4-12,14,16,24,30H,13,15,17-19H2,1-3H3,(H,34,38). The van der Waals surface area contributed by atoms with Gasteiger partial charge in [-0.15, -0.1) is 0 Å². The number of hydrogen-bond acceptors (Lipinski definition) is 5. The third-order valence-corrected chi connectivity index (χ3v) is 8.80. The van der Waals surface area contributed by atoms with E-state index in [1.54, 1.807) is 25.2 Å². The van der Waals surface area contributed by atoms with Crippen LogP contribution in [0.2, 0.25) is 0 Å². The fourth-order valence-electron chi connectivity index (χ4n) is 5.99. The number of anilines is 1. The number of methoxy groups -OCH3 is 2. The lowest BCUT2D eigenvalue weighted by Gasteiger charge is -2.43. The van der Waals surface area contributed by atoms with E-state index < -0.39 is 17.4 Å². The van der Waals surface area contributed by atoms with E-state index in [2.05, 4.69) is 21.2 Å². The van der Waals surface area contributed by atoms with Crippen LogP contribution in [0, 0.1) is 12.8 Å². The fraction of sp³-hybridized carbons (Fsp3) is 0.344. The molecule has 1 aliphatic carbocycles. The summed E-state index contributed by atoms with van der Waals surface area (Å²) in [6.45, 7) is 2.34. The summed E-state index contributed by atoms with van der Waals surface area (Å²) >= 11 is 3.63. The zero-order valence-corrected chi connectivity index (χ0v) is 24.5. The van der Waals surface area contributed by atoms with Crippen LogP contribution in [0.1, 0.15) is 48.4 Å². The summed E-state index contributed by atoms with van der Waals surface area (Å²) in [6, 6.07) is 20.6.